The van der Waals surface area contributed by atoms with Gasteiger partial charge in [0.2, 0.25) is 5.91 Å². The van der Waals surface area contributed by atoms with Crippen LogP contribution in [0.1, 0.15) is 68.2 Å². The number of fused-ring (bicyclic) bond motifs is 1. The molecule has 8 nitrogen and oxygen atoms in total. The third-order valence-electron chi connectivity index (χ3n) is 6.06. The monoisotopic (exact) mass is 457 g/mol. The minimum atomic E-state index is -0.861. The van der Waals surface area contributed by atoms with Crippen LogP contribution in [0.25, 0.3) is 0 Å². The third kappa shape index (κ3) is 5.37. The van der Waals surface area contributed by atoms with Gasteiger partial charge in [0.05, 0.1) is 11.1 Å². The summed E-state index contributed by atoms with van der Waals surface area (Å²) in [5, 5.41) is 0. The van der Waals surface area contributed by atoms with Crippen molar-refractivity contribution in [3.05, 3.63) is 35.4 Å². The van der Waals surface area contributed by atoms with Crippen molar-refractivity contribution in [3.63, 3.8) is 0 Å². The molecular formula is C25H35N3O5. The largest absolute Gasteiger partial charge is 0.444 e. The molecule has 2 unspecified atom stereocenters. The lowest BCUT2D eigenvalue weighted by atomic mass is 9.94. The SMILES string of the molecule is CC(C)C(C(=O)N1CCCC(CN(C)C(=O)OC(C)(C)C)C1)N1C(=O)c2ccccc2C1=O. The van der Waals surface area contributed by atoms with Crippen molar-refractivity contribution in [2.45, 2.75) is 59.1 Å². The molecule has 0 spiro atoms. The summed E-state index contributed by atoms with van der Waals surface area (Å²) in [6.07, 6.45) is 1.29. The number of amides is 4. The van der Waals surface area contributed by atoms with E-state index in [1.165, 1.54) is 0 Å². The van der Waals surface area contributed by atoms with Gasteiger partial charge in [-0.3, -0.25) is 19.3 Å². The quantitative estimate of drug-likeness (QED) is 0.633. The predicted octanol–water partition coefficient (Wildman–Crippen LogP) is 3.41. The van der Waals surface area contributed by atoms with E-state index in [0.29, 0.717) is 30.8 Å². The van der Waals surface area contributed by atoms with Crippen molar-refractivity contribution < 1.29 is 23.9 Å². The van der Waals surface area contributed by atoms with Crippen LogP contribution in [-0.4, -0.2) is 76.8 Å². The van der Waals surface area contributed by atoms with Crippen molar-refractivity contribution in [2.24, 2.45) is 11.8 Å². The van der Waals surface area contributed by atoms with Crippen LogP contribution in [0.15, 0.2) is 24.3 Å². The van der Waals surface area contributed by atoms with E-state index >= 15 is 0 Å². The Morgan fingerprint density at radius 2 is 1.70 bits per heavy atom. The lowest BCUT2D eigenvalue weighted by Gasteiger charge is -2.39. The zero-order valence-corrected chi connectivity index (χ0v) is 20.5. The fraction of sp³-hybridized carbons (Fsp3) is 0.600. The van der Waals surface area contributed by atoms with Crippen LogP contribution >= 0.6 is 0 Å². The van der Waals surface area contributed by atoms with E-state index in [-0.39, 0.29) is 17.7 Å². The molecule has 1 fully saturated rings. The molecule has 180 valence electrons. The second kappa shape index (κ2) is 9.53. The van der Waals surface area contributed by atoms with E-state index in [9.17, 15) is 19.2 Å². The van der Waals surface area contributed by atoms with Crippen LogP contribution in [0.5, 0.6) is 0 Å². The Labute approximate surface area is 195 Å². The zero-order valence-electron chi connectivity index (χ0n) is 20.5. The minimum absolute atomic E-state index is 0.0928. The Kier molecular flexibility index (Phi) is 7.14. The highest BCUT2D eigenvalue weighted by Gasteiger charge is 2.45. The molecule has 3 rings (SSSR count). The van der Waals surface area contributed by atoms with Crippen molar-refractivity contribution in [3.8, 4) is 0 Å². The number of rotatable bonds is 5. The second-order valence-corrected chi connectivity index (χ2v) is 10.4. The molecule has 2 atom stereocenters. The molecule has 0 radical (unpaired) electrons. The number of nitrogens with zero attached hydrogens (tertiary/aromatic N) is 3. The third-order valence-corrected chi connectivity index (χ3v) is 6.06. The van der Waals surface area contributed by atoms with E-state index in [1.54, 1.807) is 41.1 Å². The molecule has 4 amide bonds. The number of carbonyl (C=O) groups is 4. The number of piperidine rings is 1. The number of likely N-dealkylation sites (tertiary alicyclic amines) is 1. The maximum Gasteiger partial charge on any atom is 0.410 e. The first-order valence-corrected chi connectivity index (χ1v) is 11.6. The van der Waals surface area contributed by atoms with Gasteiger partial charge in [0, 0.05) is 26.7 Å². The summed E-state index contributed by atoms with van der Waals surface area (Å²) < 4.78 is 5.43. The van der Waals surface area contributed by atoms with E-state index in [1.807, 2.05) is 34.6 Å². The molecule has 2 aliphatic heterocycles. The van der Waals surface area contributed by atoms with Gasteiger partial charge in [0.15, 0.2) is 0 Å². The Balaban J connectivity index is 1.71. The van der Waals surface area contributed by atoms with Crippen molar-refractivity contribution in [1.82, 2.24) is 14.7 Å². The molecule has 0 saturated carbocycles. The maximum absolute atomic E-state index is 13.6. The van der Waals surface area contributed by atoms with Gasteiger partial charge in [-0.1, -0.05) is 26.0 Å². The molecular weight excluding hydrogens is 422 g/mol. The Hall–Kier alpha value is -2.90. The molecule has 8 heteroatoms. The number of imide groups is 1. The summed E-state index contributed by atoms with van der Waals surface area (Å²) in [6, 6.07) is 5.83. The number of carbonyl (C=O) groups excluding carboxylic acids is 4. The summed E-state index contributed by atoms with van der Waals surface area (Å²) in [6.45, 7) is 10.7. The van der Waals surface area contributed by atoms with Gasteiger partial charge in [0.1, 0.15) is 11.6 Å². The van der Waals surface area contributed by atoms with Crippen LogP contribution in [0.2, 0.25) is 0 Å². The standard InChI is InChI=1S/C25H35N3O5/c1-16(2)20(28-21(29)18-11-7-8-12-19(18)22(28)30)23(31)27-13-9-10-17(15-27)14-26(6)24(32)33-25(3,4)5/h7-8,11-12,16-17,20H,9-10,13-15H2,1-6H3. The van der Waals surface area contributed by atoms with E-state index in [4.69, 9.17) is 4.74 Å². The predicted molar refractivity (Wildman–Crippen MR) is 124 cm³/mol. The van der Waals surface area contributed by atoms with Crippen LogP contribution in [0.3, 0.4) is 0 Å². The molecule has 0 bridgehead atoms. The minimum Gasteiger partial charge on any atom is -0.444 e. The molecule has 0 N–H and O–H groups in total. The molecule has 1 aromatic rings. The Bertz CT molecular complexity index is 901. The smallest absolute Gasteiger partial charge is 0.410 e. The molecule has 2 heterocycles. The molecule has 1 aromatic carbocycles. The second-order valence-electron chi connectivity index (χ2n) is 10.4. The topological polar surface area (TPSA) is 87.2 Å². The molecule has 1 saturated heterocycles. The average molecular weight is 458 g/mol. The summed E-state index contributed by atoms with van der Waals surface area (Å²) in [4.78, 5) is 56.4. The van der Waals surface area contributed by atoms with Gasteiger partial charge in [-0.25, -0.2) is 4.79 Å². The lowest BCUT2D eigenvalue weighted by molar-refractivity contribution is -0.138. The van der Waals surface area contributed by atoms with Crippen LogP contribution in [0.4, 0.5) is 4.79 Å². The molecule has 2 aliphatic rings. The first kappa shape index (κ1) is 24.7. The number of ether oxygens (including phenoxy) is 1. The normalized spacial score (nSPS) is 19.5. The fourth-order valence-electron chi connectivity index (χ4n) is 4.56. The Morgan fingerprint density at radius 1 is 1.12 bits per heavy atom. The maximum atomic E-state index is 13.6. The number of hydrogen-bond donors (Lipinski definition) is 0. The van der Waals surface area contributed by atoms with Gasteiger partial charge in [-0.05, 0) is 57.6 Å². The molecule has 33 heavy (non-hydrogen) atoms. The first-order valence-electron chi connectivity index (χ1n) is 11.6. The van der Waals surface area contributed by atoms with Crippen molar-refractivity contribution >= 4 is 23.8 Å². The Morgan fingerprint density at radius 3 is 2.21 bits per heavy atom. The van der Waals surface area contributed by atoms with Gasteiger partial charge in [-0.15, -0.1) is 0 Å². The molecule has 0 aliphatic carbocycles. The fourth-order valence-corrected chi connectivity index (χ4v) is 4.56. The lowest BCUT2D eigenvalue weighted by Crippen LogP contribution is -2.55. The van der Waals surface area contributed by atoms with Gasteiger partial charge in [0.25, 0.3) is 11.8 Å². The van der Waals surface area contributed by atoms with E-state index in [2.05, 4.69) is 0 Å². The van der Waals surface area contributed by atoms with E-state index in [0.717, 1.165) is 17.7 Å². The van der Waals surface area contributed by atoms with Crippen LogP contribution in [0, 0.1) is 11.8 Å². The summed E-state index contributed by atoms with van der Waals surface area (Å²) in [7, 11) is 1.70. The summed E-state index contributed by atoms with van der Waals surface area (Å²) in [5.41, 5.74) is 0.115. The van der Waals surface area contributed by atoms with Crippen LogP contribution in [-0.2, 0) is 9.53 Å². The highest BCUT2D eigenvalue weighted by atomic mass is 16.6. The van der Waals surface area contributed by atoms with Gasteiger partial charge in [-0.2, -0.15) is 0 Å². The highest BCUT2D eigenvalue weighted by molar-refractivity contribution is 6.22. The van der Waals surface area contributed by atoms with Crippen LogP contribution < -0.4 is 0 Å². The van der Waals surface area contributed by atoms with E-state index < -0.39 is 29.6 Å². The van der Waals surface area contributed by atoms with Crippen molar-refractivity contribution in [1.29, 1.82) is 0 Å². The summed E-state index contributed by atoms with van der Waals surface area (Å²) >= 11 is 0. The zero-order chi connectivity index (χ0) is 24.5. The summed E-state index contributed by atoms with van der Waals surface area (Å²) in [5.74, 6) is -1.19. The molecule has 0 aromatic heterocycles. The first-order chi connectivity index (χ1) is 15.4. The average Bonchev–Trinajstić information content (AvgIpc) is 2.98. The highest BCUT2D eigenvalue weighted by Crippen LogP contribution is 2.29. The number of hydrogen-bond acceptors (Lipinski definition) is 5. The van der Waals surface area contributed by atoms with Crippen molar-refractivity contribution in [2.75, 3.05) is 26.7 Å². The van der Waals surface area contributed by atoms with Gasteiger partial charge >= 0.3 is 6.09 Å². The van der Waals surface area contributed by atoms with Gasteiger partial charge < -0.3 is 14.5 Å². The number of benzene rings is 1.